The van der Waals surface area contributed by atoms with E-state index in [0.717, 1.165) is 12.1 Å². The van der Waals surface area contributed by atoms with Gasteiger partial charge in [0.15, 0.2) is 0 Å². The van der Waals surface area contributed by atoms with E-state index in [1.165, 1.54) is 123 Å². The van der Waals surface area contributed by atoms with Crippen LogP contribution in [0, 0.1) is 0 Å². The summed E-state index contributed by atoms with van der Waals surface area (Å²) in [6.07, 6.45) is 18.0. The Bertz CT molecular complexity index is 309. The Kier molecular flexibility index (Phi) is 12.7. The van der Waals surface area contributed by atoms with Crippen LogP contribution in [0.5, 0.6) is 0 Å². The second-order valence-electron chi connectivity index (χ2n) is 9.11. The maximum Gasteiger partial charge on any atom is 0.00933 e. The number of nitrogens with zero attached hydrogens (tertiary/aromatic N) is 2. The summed E-state index contributed by atoms with van der Waals surface area (Å²) in [4.78, 5) is 5.09. The molecule has 0 aromatic carbocycles. The Morgan fingerprint density at radius 2 is 0.852 bits per heavy atom. The predicted octanol–water partition coefficient (Wildman–Crippen LogP) is 3.86. The van der Waals surface area contributed by atoms with Crippen molar-refractivity contribution in [2.75, 3.05) is 53.4 Å². The lowest BCUT2D eigenvalue weighted by atomic mass is 10.1. The molecule has 2 saturated carbocycles. The Balaban J connectivity index is 1.18. The summed E-state index contributed by atoms with van der Waals surface area (Å²) in [5, 5.41) is 7.24. The smallest absolute Gasteiger partial charge is 0.00933 e. The van der Waals surface area contributed by atoms with Crippen LogP contribution in [0.2, 0.25) is 0 Å². The molecule has 2 aliphatic rings. The van der Waals surface area contributed by atoms with E-state index in [9.17, 15) is 0 Å². The minimum absolute atomic E-state index is 0.923. The van der Waals surface area contributed by atoms with Crippen LogP contribution in [-0.4, -0.2) is 75.2 Å². The summed E-state index contributed by atoms with van der Waals surface area (Å²) < 4.78 is 0. The quantitative estimate of drug-likeness (QED) is 0.314. The molecule has 160 valence electrons. The van der Waals surface area contributed by atoms with Gasteiger partial charge in [-0.15, -0.1) is 0 Å². The summed E-state index contributed by atoms with van der Waals surface area (Å²) in [6.45, 7) is 7.42. The largest absolute Gasteiger partial charge is 0.317 e. The molecule has 0 heterocycles. The first kappa shape index (κ1) is 23.1. The molecule has 0 spiro atoms. The van der Waals surface area contributed by atoms with Crippen molar-refractivity contribution in [2.45, 2.75) is 95.6 Å². The maximum absolute atomic E-state index is 3.62. The normalized spacial score (nSPS) is 17.3. The molecule has 27 heavy (non-hydrogen) atoms. The average molecular weight is 381 g/mol. The van der Waals surface area contributed by atoms with E-state index in [4.69, 9.17) is 0 Å². The van der Waals surface area contributed by atoms with E-state index in [1.54, 1.807) is 0 Å². The zero-order valence-electron chi connectivity index (χ0n) is 18.5. The van der Waals surface area contributed by atoms with Crippen molar-refractivity contribution in [3.8, 4) is 0 Å². The van der Waals surface area contributed by atoms with E-state index >= 15 is 0 Å². The molecule has 0 aromatic rings. The second kappa shape index (κ2) is 14.8. The molecule has 0 aromatic heterocycles. The lowest BCUT2D eigenvalue weighted by Crippen LogP contribution is -2.23. The van der Waals surface area contributed by atoms with Crippen molar-refractivity contribution in [3.05, 3.63) is 0 Å². The van der Waals surface area contributed by atoms with Gasteiger partial charge in [0.1, 0.15) is 0 Å². The monoisotopic (exact) mass is 380 g/mol. The standard InChI is InChI=1S/C23H48N4/c1-26(22-12-13-22)20-10-8-18-24-16-6-4-3-5-7-17-25-19-9-11-21-27(2)23-14-15-23/h22-25H,3-21H2,1-2H3. The lowest BCUT2D eigenvalue weighted by molar-refractivity contribution is 0.315. The first-order valence-electron chi connectivity index (χ1n) is 12.1. The van der Waals surface area contributed by atoms with Crippen molar-refractivity contribution in [1.29, 1.82) is 0 Å². The molecular formula is C23H48N4. The van der Waals surface area contributed by atoms with E-state index < -0.39 is 0 Å². The average Bonchev–Trinajstić information content (AvgIpc) is 3.56. The third kappa shape index (κ3) is 12.8. The fourth-order valence-electron chi connectivity index (χ4n) is 3.90. The van der Waals surface area contributed by atoms with Gasteiger partial charge in [0.05, 0.1) is 0 Å². The van der Waals surface area contributed by atoms with Crippen LogP contribution in [0.1, 0.15) is 83.5 Å². The first-order chi connectivity index (χ1) is 13.3. The topological polar surface area (TPSA) is 30.5 Å². The number of hydrogen-bond acceptors (Lipinski definition) is 4. The van der Waals surface area contributed by atoms with Crippen LogP contribution in [0.4, 0.5) is 0 Å². The highest BCUT2D eigenvalue weighted by Gasteiger charge is 2.25. The molecule has 0 amide bonds. The molecule has 0 bridgehead atoms. The van der Waals surface area contributed by atoms with E-state index in [2.05, 4.69) is 34.5 Å². The van der Waals surface area contributed by atoms with Gasteiger partial charge in [-0.2, -0.15) is 0 Å². The van der Waals surface area contributed by atoms with Crippen molar-refractivity contribution < 1.29 is 0 Å². The molecule has 4 heteroatoms. The molecule has 0 aliphatic heterocycles. The van der Waals surface area contributed by atoms with Crippen LogP contribution in [-0.2, 0) is 0 Å². The van der Waals surface area contributed by atoms with Gasteiger partial charge in [-0.25, -0.2) is 0 Å². The van der Waals surface area contributed by atoms with Gasteiger partial charge >= 0.3 is 0 Å². The number of nitrogens with one attached hydrogen (secondary N) is 2. The molecule has 2 N–H and O–H groups in total. The summed E-state index contributed by atoms with van der Waals surface area (Å²) in [6, 6.07) is 1.85. The van der Waals surface area contributed by atoms with E-state index in [-0.39, 0.29) is 0 Å². The number of rotatable bonds is 20. The number of unbranched alkanes of at least 4 members (excludes halogenated alkanes) is 6. The van der Waals surface area contributed by atoms with Crippen molar-refractivity contribution in [2.24, 2.45) is 0 Å². The summed E-state index contributed by atoms with van der Waals surface area (Å²) in [7, 11) is 4.57. The van der Waals surface area contributed by atoms with Crippen molar-refractivity contribution >= 4 is 0 Å². The van der Waals surface area contributed by atoms with Gasteiger partial charge in [0.25, 0.3) is 0 Å². The van der Waals surface area contributed by atoms with Gasteiger partial charge in [0.2, 0.25) is 0 Å². The Morgan fingerprint density at radius 3 is 1.22 bits per heavy atom. The van der Waals surface area contributed by atoms with Gasteiger partial charge in [0, 0.05) is 12.1 Å². The molecular weight excluding hydrogens is 332 g/mol. The predicted molar refractivity (Wildman–Crippen MR) is 119 cm³/mol. The van der Waals surface area contributed by atoms with Crippen LogP contribution in [0.15, 0.2) is 0 Å². The Morgan fingerprint density at radius 1 is 0.519 bits per heavy atom. The zero-order chi connectivity index (χ0) is 19.2. The number of hydrogen-bond donors (Lipinski definition) is 2. The van der Waals surface area contributed by atoms with Crippen LogP contribution >= 0.6 is 0 Å². The third-order valence-electron chi connectivity index (χ3n) is 6.28. The molecule has 2 rings (SSSR count). The van der Waals surface area contributed by atoms with E-state index in [1.807, 2.05) is 0 Å². The minimum atomic E-state index is 0.923. The molecule has 0 atom stereocenters. The summed E-state index contributed by atoms with van der Waals surface area (Å²) in [5.41, 5.74) is 0. The highest BCUT2D eigenvalue weighted by atomic mass is 15.2. The summed E-state index contributed by atoms with van der Waals surface area (Å²) >= 11 is 0. The van der Waals surface area contributed by atoms with Gasteiger partial charge in [-0.05, 0) is 118 Å². The zero-order valence-corrected chi connectivity index (χ0v) is 18.5. The van der Waals surface area contributed by atoms with Gasteiger partial charge in [-0.1, -0.05) is 19.3 Å². The van der Waals surface area contributed by atoms with Crippen molar-refractivity contribution in [3.63, 3.8) is 0 Å². The molecule has 0 radical (unpaired) electrons. The SMILES string of the molecule is CN(CCCCNCCCCCCCNCCCCN(C)C1CC1)C1CC1. The molecule has 4 nitrogen and oxygen atoms in total. The molecule has 2 aliphatic carbocycles. The maximum atomic E-state index is 3.62. The lowest BCUT2D eigenvalue weighted by Gasteiger charge is -2.15. The van der Waals surface area contributed by atoms with Gasteiger partial charge in [-0.3, -0.25) is 0 Å². The van der Waals surface area contributed by atoms with Crippen LogP contribution in [0.3, 0.4) is 0 Å². The third-order valence-corrected chi connectivity index (χ3v) is 6.28. The second-order valence-corrected chi connectivity index (χ2v) is 9.11. The summed E-state index contributed by atoms with van der Waals surface area (Å²) in [5.74, 6) is 0. The van der Waals surface area contributed by atoms with E-state index in [0.29, 0.717) is 0 Å². The van der Waals surface area contributed by atoms with Gasteiger partial charge < -0.3 is 20.4 Å². The Labute approximate surface area is 169 Å². The van der Waals surface area contributed by atoms with Crippen molar-refractivity contribution in [1.82, 2.24) is 20.4 Å². The highest BCUT2D eigenvalue weighted by molar-refractivity contribution is 4.82. The fourth-order valence-corrected chi connectivity index (χ4v) is 3.90. The Hall–Kier alpha value is -0.160. The first-order valence-corrected chi connectivity index (χ1v) is 12.1. The minimum Gasteiger partial charge on any atom is -0.317 e. The molecule has 0 unspecified atom stereocenters. The molecule has 0 saturated heterocycles. The molecule has 2 fully saturated rings. The van der Waals surface area contributed by atoms with Crippen LogP contribution in [0.25, 0.3) is 0 Å². The fraction of sp³-hybridized carbons (Fsp3) is 1.00. The van der Waals surface area contributed by atoms with Crippen LogP contribution < -0.4 is 10.6 Å². The highest BCUT2D eigenvalue weighted by Crippen LogP contribution is 2.25.